The third kappa shape index (κ3) is 10.4. The van der Waals surface area contributed by atoms with Crippen LogP contribution in [0.2, 0.25) is 61.4 Å². The molecule has 0 saturated heterocycles. The average Bonchev–Trinajstić information content (AvgIpc) is 0.714. The minimum Gasteiger partial charge on any atom is -0.311 e. The van der Waals surface area contributed by atoms with Gasteiger partial charge in [-0.25, -0.2) is 0 Å². The van der Waals surface area contributed by atoms with E-state index in [1.165, 1.54) is 48.5 Å². The molecule has 5 aromatic carbocycles. The second-order valence-electron chi connectivity index (χ2n) is 24.2. The maximum absolute atomic E-state index is 6.62. The maximum atomic E-state index is 6.62. The number of rotatable bonds is 18. The van der Waals surface area contributed by atoms with Gasteiger partial charge in [-0.3, -0.25) is 0 Å². The van der Waals surface area contributed by atoms with Crippen LogP contribution in [0.25, 0.3) is 0 Å². The minimum atomic E-state index is -2.64. The molecule has 0 aromatic heterocycles. The van der Waals surface area contributed by atoms with Crippen molar-refractivity contribution in [3.63, 3.8) is 0 Å². The zero-order valence-electron chi connectivity index (χ0n) is 47.5. The Morgan fingerprint density at radius 1 is 0.244 bits per heavy atom. The van der Waals surface area contributed by atoms with Crippen molar-refractivity contribution in [2.75, 3.05) is 9.80 Å². The first-order valence-corrected chi connectivity index (χ1v) is 25.9. The SMILES string of the molecule is [B]C([B])([B])C(c1ccc(N2c3ccc(C(C([B])([B])[B])(C([B])([B])[B])C([B])([B])[B])cc3B3c4cc(C(C([B])([B])[B])(C([B])([B])[B])C([B])([B])[B])ccc4N(c4ccc(C(C([B])([B])[B])(C([B])([B])[B])C([B])([B])[B])cc4)c4cc(C)cc2c43)cc1)(C([B])([B])[B])C([B])([B])[B]. The molecule has 0 atom stereocenters. The fraction of sp³-hybridized carbons (Fsp3) is 0.362. The van der Waals surface area contributed by atoms with E-state index in [1.807, 2.05) is 28.9 Å². The van der Waals surface area contributed by atoms with E-state index >= 15 is 0 Å². The van der Waals surface area contributed by atoms with E-state index in [0.29, 0.717) is 56.1 Å². The summed E-state index contributed by atoms with van der Waals surface area (Å²) in [6.45, 7) is 0.724. The molecule has 0 unspecified atom stereocenters. The molecule has 86 heavy (non-hydrogen) atoms. The van der Waals surface area contributed by atoms with Gasteiger partial charge in [-0.15, -0.1) is 61.4 Å². The third-order valence-corrected chi connectivity index (χ3v) is 17.0. The third-order valence-electron chi connectivity index (χ3n) is 17.0. The summed E-state index contributed by atoms with van der Waals surface area (Å²) >= 11 is 0. The van der Waals surface area contributed by atoms with E-state index in [0.717, 1.165) is 0 Å². The molecular formula is C47H19B37N2. The number of hydrogen-bond donors (Lipinski definition) is 0. The van der Waals surface area contributed by atoms with Crippen molar-refractivity contribution in [3.8, 4) is 0 Å². The first-order chi connectivity index (χ1) is 38.2. The van der Waals surface area contributed by atoms with E-state index in [1.54, 1.807) is 36.4 Å². The Labute approximate surface area is 560 Å². The predicted molar refractivity (Wildman–Crippen MR) is 391 cm³/mol. The molecule has 7 rings (SSSR count). The number of benzene rings is 5. The Balaban J connectivity index is 1.74. The van der Waals surface area contributed by atoms with Gasteiger partial charge in [0.15, 0.2) is 0 Å². The molecule has 2 heterocycles. The topological polar surface area (TPSA) is 6.48 Å². The van der Waals surface area contributed by atoms with Gasteiger partial charge in [0.25, 0.3) is 6.71 Å². The van der Waals surface area contributed by atoms with Gasteiger partial charge in [0.05, 0.1) is 282 Å². The molecule has 0 saturated carbocycles. The fourth-order valence-corrected chi connectivity index (χ4v) is 14.4. The van der Waals surface area contributed by atoms with Gasteiger partial charge >= 0.3 is 0 Å². The lowest BCUT2D eigenvalue weighted by Gasteiger charge is -2.66. The molecule has 0 bridgehead atoms. The summed E-state index contributed by atoms with van der Waals surface area (Å²) in [6, 6.07) is 25.0. The Morgan fingerprint density at radius 2 is 0.442 bits per heavy atom. The van der Waals surface area contributed by atoms with Gasteiger partial charge in [0.2, 0.25) is 0 Å². The highest BCUT2D eigenvalue weighted by Crippen LogP contribution is 2.67. The van der Waals surface area contributed by atoms with E-state index in [4.69, 9.17) is 282 Å². The lowest BCUT2D eigenvalue weighted by Crippen LogP contribution is -2.64. The van der Waals surface area contributed by atoms with Gasteiger partial charge in [-0.1, -0.05) is 70.2 Å². The van der Waals surface area contributed by atoms with Gasteiger partial charge in [-0.05, 0) is 99.7 Å². The first kappa shape index (κ1) is 71.5. The summed E-state index contributed by atoms with van der Waals surface area (Å²) < 4.78 is 0. The standard InChI is InChI=1S/C47H19B37N2/c1-18-14-29-31-30(15-18)86(24-10-4-20(5-11-24)33(39(57,58)59,40(60,61)62)41(63,64)65)28-13-7-22(35(45(75,76)77,46(78,79)80)47(81,82)83)17-26(28)84(31)25-16-21(34(42(66,67)68,43(69,70)71)44(72,73)74)6-12-27(25)85(29)23-8-2-19(3-9-23)32(36(48,49)50,37(51,52)53)38(54,55)56/h2-17H,1H3. The van der Waals surface area contributed by atoms with Gasteiger partial charge in [0, 0.05) is 34.1 Å². The van der Waals surface area contributed by atoms with Crippen LogP contribution in [0.5, 0.6) is 0 Å². The monoisotopic (exact) mass is 1020 g/mol. The van der Waals surface area contributed by atoms with E-state index in [9.17, 15) is 0 Å². The average molecular weight is 1010 g/mol. The van der Waals surface area contributed by atoms with Crippen LogP contribution in [0.4, 0.5) is 34.1 Å². The molecule has 0 amide bonds. The van der Waals surface area contributed by atoms with Crippen LogP contribution in [0.1, 0.15) is 27.8 Å². The Kier molecular flexibility index (Phi) is 18.0. The number of fused-ring (bicyclic) bond motifs is 4. The molecular weight excluding hydrogens is 993 g/mol. The molecule has 0 aliphatic carbocycles. The number of hydrogen-bond acceptors (Lipinski definition) is 2. The molecule has 2 aliphatic rings. The Morgan fingerprint density at radius 3 is 0.651 bits per heavy atom. The summed E-state index contributed by atoms with van der Waals surface area (Å²) in [4.78, 5) is 3.62. The molecule has 2 nitrogen and oxygen atoms in total. The summed E-state index contributed by atoms with van der Waals surface area (Å²) in [7, 11) is 234. The lowest BCUT2D eigenvalue weighted by molar-refractivity contribution is 0.428. The van der Waals surface area contributed by atoms with Crippen molar-refractivity contribution in [2.45, 2.75) is 89.9 Å². The van der Waals surface area contributed by atoms with Crippen LogP contribution in [0.3, 0.4) is 0 Å². The van der Waals surface area contributed by atoms with Crippen LogP contribution < -0.4 is 26.2 Å². The van der Waals surface area contributed by atoms with E-state index in [-0.39, 0.29) is 22.3 Å². The zero-order chi connectivity index (χ0) is 66.1. The summed E-state index contributed by atoms with van der Waals surface area (Å²) in [5.41, 5.74) is -6.20. The smallest absolute Gasteiger partial charge is 0.252 e. The molecule has 39 heteroatoms. The van der Waals surface area contributed by atoms with Gasteiger partial charge < -0.3 is 9.80 Å². The quantitative estimate of drug-likeness (QED) is 0.0793. The number of nitrogens with zero attached hydrogens (tertiary/aromatic N) is 2. The van der Waals surface area contributed by atoms with E-state index < -0.39 is 89.7 Å². The zero-order valence-corrected chi connectivity index (χ0v) is 47.5. The van der Waals surface area contributed by atoms with Crippen molar-refractivity contribution in [1.82, 2.24) is 0 Å². The van der Waals surface area contributed by atoms with Crippen LogP contribution in [-0.4, -0.2) is 289 Å². The highest BCUT2D eigenvalue weighted by atomic mass is 15.2. The summed E-state index contributed by atoms with van der Waals surface area (Å²) in [5.74, 6) is 0. The summed E-state index contributed by atoms with van der Waals surface area (Å²) in [6.07, 6.45) is 0. The van der Waals surface area contributed by atoms with Gasteiger partial charge in [-0.2, -0.15) is 0 Å². The number of anilines is 6. The lowest BCUT2D eigenvalue weighted by atomic mass is 9.08. The van der Waals surface area contributed by atoms with E-state index in [2.05, 4.69) is 0 Å². The predicted octanol–water partition coefficient (Wildman–Crippen LogP) is -6.02. The Hall–Kier alpha value is -1.90. The highest BCUT2D eigenvalue weighted by Gasteiger charge is 2.60. The molecule has 328 valence electrons. The van der Waals surface area contributed by atoms with Crippen molar-refractivity contribution in [1.29, 1.82) is 0 Å². The first-order valence-electron chi connectivity index (χ1n) is 25.9. The van der Waals surface area contributed by atoms with Crippen LogP contribution in [0, 0.1) is 6.92 Å². The highest BCUT2D eigenvalue weighted by molar-refractivity contribution is 7.00. The molecule has 0 spiro atoms. The van der Waals surface area contributed by atoms with Crippen molar-refractivity contribution >= 4 is 340 Å². The normalized spacial score (nSPS) is 15.5. The maximum Gasteiger partial charge on any atom is 0.252 e. The van der Waals surface area contributed by atoms with Gasteiger partial charge in [0.1, 0.15) is 0 Å². The van der Waals surface area contributed by atoms with Crippen LogP contribution in [-0.2, 0) is 21.7 Å². The minimum absolute atomic E-state index is 0.00909. The van der Waals surface area contributed by atoms with Crippen molar-refractivity contribution < 1.29 is 0 Å². The van der Waals surface area contributed by atoms with Crippen molar-refractivity contribution in [3.05, 3.63) is 125 Å². The second kappa shape index (κ2) is 21.6. The number of aryl methyl sites for hydroxylation is 1. The summed E-state index contributed by atoms with van der Waals surface area (Å²) in [5, 5.41) is -30.8. The van der Waals surface area contributed by atoms with Crippen molar-refractivity contribution in [2.24, 2.45) is 0 Å². The molecule has 0 N–H and O–H groups in total. The molecule has 72 radical (unpaired) electrons. The molecule has 0 fully saturated rings. The second-order valence-corrected chi connectivity index (χ2v) is 24.2. The Bertz CT molecular complexity index is 3020. The largest absolute Gasteiger partial charge is 0.311 e. The van der Waals surface area contributed by atoms with Crippen LogP contribution >= 0.6 is 0 Å². The molecule has 2 aliphatic heterocycles. The molecule has 5 aromatic rings. The fourth-order valence-electron chi connectivity index (χ4n) is 14.4. The van der Waals surface area contributed by atoms with Crippen LogP contribution in [0.15, 0.2) is 97.1 Å².